The van der Waals surface area contributed by atoms with Gasteiger partial charge in [-0.15, -0.1) is 13.2 Å². The van der Waals surface area contributed by atoms with E-state index in [9.17, 15) is 22.8 Å². The van der Waals surface area contributed by atoms with Gasteiger partial charge < -0.3 is 14.4 Å². The molecule has 152 valence electrons. The van der Waals surface area contributed by atoms with Crippen molar-refractivity contribution in [2.45, 2.75) is 31.3 Å². The Morgan fingerprint density at radius 2 is 1.83 bits per heavy atom. The second-order valence-corrected chi connectivity index (χ2v) is 6.79. The molecule has 2 fully saturated rings. The average molecular weight is 407 g/mol. The number of alkyl halides is 3. The van der Waals surface area contributed by atoms with Crippen molar-refractivity contribution in [2.75, 3.05) is 12.0 Å². The molecular weight excluding hydrogens is 391 g/mol. The number of aromatic nitrogens is 1. The molecule has 2 aromatic rings. The molecule has 2 aliphatic rings. The Kier molecular flexibility index (Phi) is 4.36. The monoisotopic (exact) mass is 407 g/mol. The van der Waals surface area contributed by atoms with Crippen molar-refractivity contribution in [3.8, 4) is 11.6 Å². The molecule has 1 aliphatic carbocycles. The number of halogens is 3. The Bertz CT molecular complexity index is 958. The zero-order valence-electron chi connectivity index (χ0n) is 15.3. The van der Waals surface area contributed by atoms with Crippen LogP contribution in [-0.2, 0) is 11.3 Å². The number of benzene rings is 1. The highest BCUT2D eigenvalue weighted by atomic mass is 19.4. The van der Waals surface area contributed by atoms with E-state index in [0.717, 1.165) is 22.6 Å². The summed E-state index contributed by atoms with van der Waals surface area (Å²) in [4.78, 5) is 32.5. The maximum atomic E-state index is 13.0. The van der Waals surface area contributed by atoms with E-state index in [4.69, 9.17) is 4.74 Å². The zero-order chi connectivity index (χ0) is 20.8. The summed E-state index contributed by atoms with van der Waals surface area (Å²) in [6.45, 7) is 0.190. The SMILES string of the molecule is COc1cc(CN2C(=O)N(c3ccc(OC(F)(F)F)cc3)C(=O)C23CC3)ccn1. The smallest absolute Gasteiger partial charge is 0.481 e. The highest BCUT2D eigenvalue weighted by Crippen LogP contribution is 2.49. The van der Waals surface area contributed by atoms with Crippen LogP contribution in [0, 0.1) is 0 Å². The van der Waals surface area contributed by atoms with E-state index in [1.165, 1.54) is 24.1 Å². The number of imide groups is 1. The molecule has 3 amide bonds. The van der Waals surface area contributed by atoms with Crippen molar-refractivity contribution in [2.24, 2.45) is 0 Å². The van der Waals surface area contributed by atoms with Crippen LogP contribution in [0.25, 0.3) is 0 Å². The van der Waals surface area contributed by atoms with E-state index < -0.39 is 23.7 Å². The summed E-state index contributed by atoms with van der Waals surface area (Å²) in [5, 5.41) is 0. The zero-order valence-corrected chi connectivity index (χ0v) is 15.3. The second-order valence-electron chi connectivity index (χ2n) is 6.79. The molecule has 1 aliphatic heterocycles. The van der Waals surface area contributed by atoms with Crippen molar-refractivity contribution >= 4 is 17.6 Å². The fourth-order valence-electron chi connectivity index (χ4n) is 3.40. The molecule has 0 bridgehead atoms. The Morgan fingerprint density at radius 1 is 1.14 bits per heavy atom. The molecule has 1 aromatic carbocycles. The molecule has 1 aromatic heterocycles. The van der Waals surface area contributed by atoms with Gasteiger partial charge in [0.2, 0.25) is 5.88 Å². The summed E-state index contributed by atoms with van der Waals surface area (Å²) >= 11 is 0. The third-order valence-corrected chi connectivity index (χ3v) is 4.94. The number of pyridine rings is 1. The van der Waals surface area contributed by atoms with Crippen LogP contribution >= 0.6 is 0 Å². The van der Waals surface area contributed by atoms with E-state index in [1.807, 2.05) is 0 Å². The van der Waals surface area contributed by atoms with Crippen LogP contribution in [0.2, 0.25) is 0 Å². The van der Waals surface area contributed by atoms with Gasteiger partial charge in [0.1, 0.15) is 11.3 Å². The van der Waals surface area contributed by atoms with Crippen molar-refractivity contribution in [1.29, 1.82) is 0 Å². The number of urea groups is 1. The Morgan fingerprint density at radius 3 is 2.41 bits per heavy atom. The molecule has 2 heterocycles. The first-order valence-corrected chi connectivity index (χ1v) is 8.74. The maximum Gasteiger partial charge on any atom is 0.573 e. The van der Waals surface area contributed by atoms with Crippen LogP contribution in [0.5, 0.6) is 11.6 Å². The molecule has 0 radical (unpaired) electrons. The normalized spacial score (nSPS) is 17.8. The van der Waals surface area contributed by atoms with Gasteiger partial charge in [0.15, 0.2) is 0 Å². The van der Waals surface area contributed by atoms with Gasteiger partial charge >= 0.3 is 12.4 Å². The topological polar surface area (TPSA) is 72.0 Å². The minimum Gasteiger partial charge on any atom is -0.481 e. The van der Waals surface area contributed by atoms with Gasteiger partial charge in [0, 0.05) is 18.8 Å². The molecule has 0 unspecified atom stereocenters. The average Bonchev–Trinajstić information content (AvgIpc) is 3.45. The predicted octanol–water partition coefficient (Wildman–Crippen LogP) is 3.49. The van der Waals surface area contributed by atoms with Gasteiger partial charge in [-0.3, -0.25) is 4.79 Å². The van der Waals surface area contributed by atoms with Gasteiger partial charge in [-0.1, -0.05) is 0 Å². The lowest BCUT2D eigenvalue weighted by Crippen LogP contribution is -2.36. The molecule has 4 rings (SSSR count). The van der Waals surface area contributed by atoms with Gasteiger partial charge in [-0.2, -0.15) is 0 Å². The summed E-state index contributed by atoms with van der Waals surface area (Å²) in [6.07, 6.45) is -2.20. The lowest BCUT2D eigenvalue weighted by molar-refractivity contribution is -0.274. The number of nitrogens with zero attached hydrogens (tertiary/aromatic N) is 3. The van der Waals surface area contributed by atoms with Crippen LogP contribution in [0.15, 0.2) is 42.6 Å². The van der Waals surface area contributed by atoms with Crippen molar-refractivity contribution in [1.82, 2.24) is 9.88 Å². The predicted molar refractivity (Wildman–Crippen MR) is 94.3 cm³/mol. The highest BCUT2D eigenvalue weighted by molar-refractivity contribution is 6.24. The largest absolute Gasteiger partial charge is 0.573 e. The van der Waals surface area contributed by atoms with Crippen LogP contribution in [0.1, 0.15) is 18.4 Å². The van der Waals surface area contributed by atoms with Crippen molar-refractivity contribution in [3.63, 3.8) is 0 Å². The molecule has 1 saturated carbocycles. The quantitative estimate of drug-likeness (QED) is 0.710. The summed E-state index contributed by atoms with van der Waals surface area (Å²) < 4.78 is 45.9. The third kappa shape index (κ3) is 3.45. The number of methoxy groups -OCH3 is 1. The molecule has 1 spiro atoms. The second kappa shape index (κ2) is 6.64. The molecular formula is C19H16F3N3O4. The van der Waals surface area contributed by atoms with E-state index in [1.54, 1.807) is 18.3 Å². The number of carbonyl (C=O) groups excluding carboxylic acids is 2. The van der Waals surface area contributed by atoms with Crippen LogP contribution in [0.4, 0.5) is 23.7 Å². The summed E-state index contributed by atoms with van der Waals surface area (Å²) in [7, 11) is 1.48. The minimum absolute atomic E-state index is 0.190. The van der Waals surface area contributed by atoms with Crippen LogP contribution < -0.4 is 14.4 Å². The molecule has 0 N–H and O–H groups in total. The first-order chi connectivity index (χ1) is 13.7. The van der Waals surface area contributed by atoms with Crippen molar-refractivity contribution in [3.05, 3.63) is 48.2 Å². The van der Waals surface area contributed by atoms with Gasteiger partial charge in [0.05, 0.1) is 12.8 Å². The molecule has 1 saturated heterocycles. The van der Waals surface area contributed by atoms with E-state index in [-0.39, 0.29) is 18.1 Å². The molecule has 7 nitrogen and oxygen atoms in total. The first kappa shape index (κ1) is 19.0. The van der Waals surface area contributed by atoms with E-state index in [0.29, 0.717) is 18.7 Å². The number of carbonyl (C=O) groups is 2. The fraction of sp³-hybridized carbons (Fsp3) is 0.316. The summed E-state index contributed by atoms with van der Waals surface area (Å²) in [5.74, 6) is -0.419. The lowest BCUT2D eigenvalue weighted by atomic mass is 10.2. The van der Waals surface area contributed by atoms with Crippen LogP contribution in [-0.4, -0.2) is 40.8 Å². The van der Waals surface area contributed by atoms with Crippen molar-refractivity contribution < 1.29 is 32.2 Å². The Balaban J connectivity index is 1.58. The molecule has 0 atom stereocenters. The highest BCUT2D eigenvalue weighted by Gasteiger charge is 2.65. The minimum atomic E-state index is -4.82. The number of hydrogen-bond acceptors (Lipinski definition) is 5. The standard InChI is InChI=1S/C19H16F3N3O4/c1-28-15-10-12(6-9-23-15)11-24-17(27)25(16(26)18(24)7-8-18)13-2-4-14(5-3-13)29-19(20,21)22/h2-6,9-10H,7-8,11H2,1H3. The number of rotatable bonds is 5. The number of ether oxygens (including phenoxy) is 2. The lowest BCUT2D eigenvalue weighted by Gasteiger charge is -2.21. The number of anilines is 1. The third-order valence-electron chi connectivity index (χ3n) is 4.94. The van der Waals surface area contributed by atoms with E-state index >= 15 is 0 Å². The summed E-state index contributed by atoms with van der Waals surface area (Å²) in [6, 6.07) is 7.53. The van der Waals surface area contributed by atoms with Gasteiger partial charge in [-0.25, -0.2) is 14.7 Å². The van der Waals surface area contributed by atoms with Gasteiger partial charge in [-0.05, 0) is 48.7 Å². The summed E-state index contributed by atoms with van der Waals surface area (Å²) in [5.41, 5.74) is 0.0324. The number of hydrogen-bond donors (Lipinski definition) is 0. The van der Waals surface area contributed by atoms with E-state index in [2.05, 4.69) is 9.72 Å². The Hall–Kier alpha value is -3.30. The Labute approximate surface area is 163 Å². The maximum absolute atomic E-state index is 13.0. The number of amides is 3. The van der Waals surface area contributed by atoms with Gasteiger partial charge in [0.25, 0.3) is 5.91 Å². The fourth-order valence-corrected chi connectivity index (χ4v) is 3.40. The molecule has 10 heteroatoms. The van der Waals surface area contributed by atoms with Crippen LogP contribution in [0.3, 0.4) is 0 Å². The molecule has 29 heavy (non-hydrogen) atoms. The first-order valence-electron chi connectivity index (χ1n) is 8.74.